The van der Waals surface area contributed by atoms with Crippen molar-refractivity contribution in [1.29, 1.82) is 0 Å². The van der Waals surface area contributed by atoms with Crippen LogP contribution in [0.15, 0.2) is 53.5 Å². The maximum Gasteiger partial charge on any atom is 0.251 e. The third kappa shape index (κ3) is 7.81. The van der Waals surface area contributed by atoms with E-state index >= 15 is 0 Å². The summed E-state index contributed by atoms with van der Waals surface area (Å²) in [5.41, 5.74) is 1.36. The van der Waals surface area contributed by atoms with E-state index in [1.54, 1.807) is 44.5 Å². The highest BCUT2D eigenvalue weighted by molar-refractivity contribution is 14.0. The van der Waals surface area contributed by atoms with Gasteiger partial charge in [0.25, 0.3) is 5.91 Å². The minimum atomic E-state index is -0.271. The van der Waals surface area contributed by atoms with Crippen LogP contribution in [0.1, 0.15) is 15.9 Å². The number of ether oxygens (including phenoxy) is 1. The van der Waals surface area contributed by atoms with E-state index in [4.69, 9.17) is 4.74 Å². The first kappa shape index (κ1) is 22.7. The molecule has 0 unspecified atom stereocenters. The van der Waals surface area contributed by atoms with Crippen LogP contribution in [0.2, 0.25) is 0 Å². The van der Waals surface area contributed by atoms with Gasteiger partial charge < -0.3 is 20.7 Å². The average Bonchev–Trinajstić information content (AvgIpc) is 2.67. The Morgan fingerprint density at radius 1 is 1.07 bits per heavy atom. The molecule has 0 spiro atoms. The molecule has 0 aromatic heterocycles. The molecule has 0 aliphatic rings. The van der Waals surface area contributed by atoms with Gasteiger partial charge in [-0.15, -0.1) is 24.0 Å². The quantitative estimate of drug-likeness (QED) is 0.244. The van der Waals surface area contributed by atoms with E-state index in [9.17, 15) is 9.18 Å². The Hall–Kier alpha value is -2.36. The molecule has 0 aliphatic heterocycles. The molecule has 0 heterocycles. The van der Waals surface area contributed by atoms with Gasteiger partial charge in [-0.25, -0.2) is 4.39 Å². The molecule has 0 bridgehead atoms. The molecule has 0 aliphatic carbocycles. The lowest BCUT2D eigenvalue weighted by Crippen LogP contribution is -2.41. The van der Waals surface area contributed by atoms with Gasteiger partial charge in [-0.05, 0) is 35.9 Å². The fraction of sp³-hybridized carbons (Fsp3) is 0.263. The number of carbonyl (C=O) groups excluding carboxylic acids is 1. The highest BCUT2D eigenvalue weighted by Crippen LogP contribution is 2.12. The van der Waals surface area contributed by atoms with E-state index in [0.29, 0.717) is 36.9 Å². The zero-order chi connectivity index (χ0) is 18.8. The molecule has 27 heavy (non-hydrogen) atoms. The lowest BCUT2D eigenvalue weighted by atomic mass is 10.2. The number of nitrogens with one attached hydrogen (secondary N) is 3. The van der Waals surface area contributed by atoms with Gasteiger partial charge in [-0.3, -0.25) is 9.79 Å². The van der Waals surface area contributed by atoms with E-state index < -0.39 is 0 Å². The number of benzene rings is 2. The standard InChI is InChI=1S/C19H23FN4O2.HI/c1-21-19(24-13-14-5-3-7-16(20)11-14)23-10-9-22-18(25)15-6-4-8-17(12-15)26-2;/h3-8,11-12H,9-10,13H2,1-2H3,(H,22,25)(H2,21,23,24);1H. The number of rotatable bonds is 7. The summed E-state index contributed by atoms with van der Waals surface area (Å²) in [6.45, 7) is 1.38. The van der Waals surface area contributed by atoms with Crippen molar-refractivity contribution in [3.63, 3.8) is 0 Å². The predicted molar refractivity (Wildman–Crippen MR) is 115 cm³/mol. The molecule has 1 amide bonds. The van der Waals surface area contributed by atoms with Gasteiger partial charge in [0.05, 0.1) is 7.11 Å². The lowest BCUT2D eigenvalue weighted by Gasteiger charge is -2.12. The Morgan fingerprint density at radius 2 is 1.81 bits per heavy atom. The van der Waals surface area contributed by atoms with Gasteiger partial charge in [0.1, 0.15) is 11.6 Å². The minimum Gasteiger partial charge on any atom is -0.497 e. The van der Waals surface area contributed by atoms with Gasteiger partial charge in [0.15, 0.2) is 5.96 Å². The van der Waals surface area contributed by atoms with Crippen LogP contribution >= 0.6 is 24.0 Å². The first-order chi connectivity index (χ1) is 12.6. The van der Waals surface area contributed by atoms with Crippen molar-refractivity contribution in [3.8, 4) is 5.75 Å². The fourth-order valence-electron chi connectivity index (χ4n) is 2.28. The zero-order valence-corrected chi connectivity index (χ0v) is 17.6. The summed E-state index contributed by atoms with van der Waals surface area (Å²) in [4.78, 5) is 16.2. The number of methoxy groups -OCH3 is 1. The third-order valence-corrected chi connectivity index (χ3v) is 3.61. The summed E-state index contributed by atoms with van der Waals surface area (Å²) < 4.78 is 18.3. The minimum absolute atomic E-state index is 0. The van der Waals surface area contributed by atoms with Crippen molar-refractivity contribution >= 4 is 35.8 Å². The molecule has 0 saturated heterocycles. The number of hydrogen-bond donors (Lipinski definition) is 3. The highest BCUT2D eigenvalue weighted by atomic mass is 127. The number of guanidine groups is 1. The number of aliphatic imine (C=N–C) groups is 1. The predicted octanol–water partition coefficient (Wildman–Crippen LogP) is 2.55. The van der Waals surface area contributed by atoms with E-state index in [1.165, 1.54) is 12.1 Å². The summed E-state index contributed by atoms with van der Waals surface area (Å²) in [6.07, 6.45) is 0. The first-order valence-electron chi connectivity index (χ1n) is 8.23. The number of hydrogen-bond acceptors (Lipinski definition) is 3. The normalized spacial score (nSPS) is 10.6. The summed E-state index contributed by atoms with van der Waals surface area (Å²) in [5, 5.41) is 9.00. The van der Waals surface area contributed by atoms with Crippen LogP contribution in [0.3, 0.4) is 0 Å². The summed E-state index contributed by atoms with van der Waals surface area (Å²) >= 11 is 0. The molecule has 146 valence electrons. The van der Waals surface area contributed by atoms with Crippen molar-refractivity contribution in [1.82, 2.24) is 16.0 Å². The first-order valence-corrected chi connectivity index (χ1v) is 8.23. The molecule has 2 rings (SSSR count). The van der Waals surface area contributed by atoms with Crippen molar-refractivity contribution in [2.24, 2.45) is 4.99 Å². The molecular weight excluding hydrogens is 462 g/mol. The number of amides is 1. The maximum atomic E-state index is 13.2. The second kappa shape index (κ2) is 12.1. The van der Waals surface area contributed by atoms with Crippen LogP contribution in [0.4, 0.5) is 4.39 Å². The van der Waals surface area contributed by atoms with Gasteiger partial charge in [0, 0.05) is 32.2 Å². The molecule has 6 nitrogen and oxygen atoms in total. The van der Waals surface area contributed by atoms with Crippen molar-refractivity contribution in [3.05, 3.63) is 65.5 Å². The lowest BCUT2D eigenvalue weighted by molar-refractivity contribution is 0.0954. The SMILES string of the molecule is CN=C(NCCNC(=O)c1cccc(OC)c1)NCc1cccc(F)c1.I. The molecule has 0 fully saturated rings. The van der Waals surface area contributed by atoms with Crippen molar-refractivity contribution < 1.29 is 13.9 Å². The van der Waals surface area contributed by atoms with Crippen molar-refractivity contribution in [2.75, 3.05) is 27.2 Å². The highest BCUT2D eigenvalue weighted by Gasteiger charge is 2.06. The van der Waals surface area contributed by atoms with Crippen LogP contribution in [0.25, 0.3) is 0 Å². The Labute approximate surface area is 175 Å². The van der Waals surface area contributed by atoms with Crippen LogP contribution in [-0.4, -0.2) is 39.1 Å². The Balaban J connectivity index is 0.00000364. The second-order valence-corrected chi connectivity index (χ2v) is 5.47. The van der Waals surface area contributed by atoms with E-state index in [0.717, 1.165) is 5.56 Å². The summed E-state index contributed by atoms with van der Waals surface area (Å²) in [6, 6.07) is 13.3. The van der Waals surface area contributed by atoms with Crippen LogP contribution < -0.4 is 20.7 Å². The molecule has 2 aromatic rings. The smallest absolute Gasteiger partial charge is 0.251 e. The monoisotopic (exact) mass is 486 g/mol. The molecule has 2 aromatic carbocycles. The van der Waals surface area contributed by atoms with E-state index in [-0.39, 0.29) is 35.7 Å². The molecule has 3 N–H and O–H groups in total. The summed E-state index contributed by atoms with van der Waals surface area (Å²) in [5.74, 6) is 0.767. The number of carbonyl (C=O) groups is 1. The van der Waals surface area contributed by atoms with Crippen molar-refractivity contribution in [2.45, 2.75) is 6.54 Å². The maximum absolute atomic E-state index is 13.2. The Bertz CT molecular complexity index is 771. The molecule has 0 saturated carbocycles. The number of halogens is 2. The Kier molecular flexibility index (Phi) is 10.2. The van der Waals surface area contributed by atoms with Crippen LogP contribution in [-0.2, 0) is 6.54 Å². The molecule has 0 radical (unpaired) electrons. The van der Waals surface area contributed by atoms with Gasteiger partial charge in [0.2, 0.25) is 0 Å². The molecular formula is C19H24FIN4O2. The van der Waals surface area contributed by atoms with Crippen LogP contribution in [0, 0.1) is 5.82 Å². The Morgan fingerprint density at radius 3 is 2.52 bits per heavy atom. The average molecular weight is 486 g/mol. The number of nitrogens with zero attached hydrogens (tertiary/aromatic N) is 1. The summed E-state index contributed by atoms with van der Waals surface area (Å²) in [7, 11) is 3.21. The topological polar surface area (TPSA) is 74.8 Å². The largest absolute Gasteiger partial charge is 0.497 e. The van der Waals surface area contributed by atoms with Gasteiger partial charge in [-0.2, -0.15) is 0 Å². The van der Waals surface area contributed by atoms with E-state index in [2.05, 4.69) is 20.9 Å². The third-order valence-electron chi connectivity index (χ3n) is 3.61. The zero-order valence-electron chi connectivity index (χ0n) is 15.3. The fourth-order valence-corrected chi connectivity index (χ4v) is 2.28. The molecule has 8 heteroatoms. The second-order valence-electron chi connectivity index (χ2n) is 5.47. The molecule has 0 atom stereocenters. The van der Waals surface area contributed by atoms with Gasteiger partial charge in [-0.1, -0.05) is 18.2 Å². The van der Waals surface area contributed by atoms with Crippen LogP contribution in [0.5, 0.6) is 5.75 Å². The van der Waals surface area contributed by atoms with Gasteiger partial charge >= 0.3 is 0 Å². The van der Waals surface area contributed by atoms with E-state index in [1.807, 2.05) is 6.07 Å².